The molecule has 1 fully saturated rings. The average Bonchev–Trinajstić information content (AvgIpc) is 2.01. The average molecular weight is 199 g/mol. The van der Waals surface area contributed by atoms with Crippen LogP contribution in [0.15, 0.2) is 0 Å². The highest BCUT2D eigenvalue weighted by molar-refractivity contribution is 5.74. The number of urea groups is 1. The van der Waals surface area contributed by atoms with Crippen LogP contribution in [0.3, 0.4) is 0 Å². The molecule has 2 atom stereocenters. The van der Waals surface area contributed by atoms with Crippen molar-refractivity contribution in [3.05, 3.63) is 0 Å². The summed E-state index contributed by atoms with van der Waals surface area (Å²) in [5, 5.41) is 0. The van der Waals surface area contributed by atoms with E-state index in [0.29, 0.717) is 12.1 Å². The largest absolute Gasteiger partial charge is 0.331 e. The predicted octanol–water partition coefficient (Wildman–Crippen LogP) is 0.692. The highest BCUT2D eigenvalue weighted by Crippen LogP contribution is 2.15. The first-order chi connectivity index (χ1) is 6.43. The standard InChI is InChI=1S/C10H21N3O/c1-8-6-12(5)7-9(2)13(8)10(14)11(3)4/h8-9H,6-7H2,1-5H3. The van der Waals surface area contributed by atoms with Crippen LogP contribution in [0.25, 0.3) is 0 Å². The molecule has 0 aromatic rings. The summed E-state index contributed by atoms with van der Waals surface area (Å²) in [7, 11) is 5.71. The highest BCUT2D eigenvalue weighted by Gasteiger charge is 2.31. The van der Waals surface area contributed by atoms with Crippen molar-refractivity contribution in [3.8, 4) is 0 Å². The molecule has 0 bridgehead atoms. The van der Waals surface area contributed by atoms with Crippen molar-refractivity contribution in [2.75, 3.05) is 34.2 Å². The lowest BCUT2D eigenvalue weighted by molar-refractivity contribution is 0.0654. The number of likely N-dealkylation sites (N-methyl/N-ethyl adjacent to an activating group) is 1. The van der Waals surface area contributed by atoms with Gasteiger partial charge in [-0.3, -0.25) is 0 Å². The van der Waals surface area contributed by atoms with Crippen molar-refractivity contribution < 1.29 is 4.79 Å². The van der Waals surface area contributed by atoms with Gasteiger partial charge in [0.2, 0.25) is 0 Å². The molecule has 14 heavy (non-hydrogen) atoms. The minimum atomic E-state index is 0.123. The summed E-state index contributed by atoms with van der Waals surface area (Å²) in [5.41, 5.74) is 0. The van der Waals surface area contributed by atoms with Gasteiger partial charge in [0.05, 0.1) is 0 Å². The summed E-state index contributed by atoms with van der Waals surface area (Å²) in [6.45, 7) is 6.13. The minimum Gasteiger partial charge on any atom is -0.331 e. The van der Waals surface area contributed by atoms with Crippen molar-refractivity contribution in [3.63, 3.8) is 0 Å². The van der Waals surface area contributed by atoms with Crippen molar-refractivity contribution in [1.82, 2.24) is 14.7 Å². The van der Waals surface area contributed by atoms with Crippen LogP contribution in [-0.4, -0.2) is 67.0 Å². The fraction of sp³-hybridized carbons (Fsp3) is 0.900. The Labute approximate surface area is 86.5 Å². The van der Waals surface area contributed by atoms with Gasteiger partial charge in [0.1, 0.15) is 0 Å². The normalized spacial score (nSPS) is 29.1. The number of carbonyl (C=O) groups excluding carboxylic acids is 1. The van der Waals surface area contributed by atoms with Crippen LogP contribution in [0.4, 0.5) is 4.79 Å². The van der Waals surface area contributed by atoms with E-state index < -0.39 is 0 Å². The summed E-state index contributed by atoms with van der Waals surface area (Å²) in [6, 6.07) is 0.732. The van der Waals surface area contributed by atoms with Gasteiger partial charge in [0.25, 0.3) is 0 Å². The van der Waals surface area contributed by atoms with Crippen molar-refractivity contribution in [1.29, 1.82) is 0 Å². The maximum Gasteiger partial charge on any atom is 0.320 e. The Kier molecular flexibility index (Phi) is 3.37. The quantitative estimate of drug-likeness (QED) is 0.574. The number of rotatable bonds is 0. The fourth-order valence-electron chi connectivity index (χ4n) is 2.20. The van der Waals surface area contributed by atoms with Gasteiger partial charge in [0.15, 0.2) is 0 Å². The topological polar surface area (TPSA) is 26.8 Å². The SMILES string of the molecule is CC1CN(C)CC(C)N1C(=O)N(C)C. The molecule has 1 aliphatic heterocycles. The molecule has 1 saturated heterocycles. The highest BCUT2D eigenvalue weighted by atomic mass is 16.2. The Bertz CT molecular complexity index is 205. The van der Waals surface area contributed by atoms with Crippen LogP contribution < -0.4 is 0 Å². The van der Waals surface area contributed by atoms with Crippen LogP contribution in [0.5, 0.6) is 0 Å². The first-order valence-electron chi connectivity index (χ1n) is 5.11. The van der Waals surface area contributed by atoms with E-state index in [1.807, 2.05) is 4.90 Å². The second kappa shape index (κ2) is 4.17. The number of piperazine rings is 1. The maximum absolute atomic E-state index is 11.9. The molecule has 4 heteroatoms. The molecule has 2 unspecified atom stereocenters. The van der Waals surface area contributed by atoms with Crippen LogP contribution in [0.1, 0.15) is 13.8 Å². The molecule has 0 aromatic carbocycles. The Balaban J connectivity index is 2.72. The number of carbonyl (C=O) groups is 1. The first-order valence-corrected chi connectivity index (χ1v) is 5.11. The van der Waals surface area contributed by atoms with E-state index in [0.717, 1.165) is 13.1 Å². The van der Waals surface area contributed by atoms with E-state index in [-0.39, 0.29) is 6.03 Å². The Morgan fingerprint density at radius 1 is 1.21 bits per heavy atom. The lowest BCUT2D eigenvalue weighted by Crippen LogP contribution is -2.59. The van der Waals surface area contributed by atoms with Crippen LogP contribution in [0, 0.1) is 0 Å². The molecule has 0 saturated carbocycles. The summed E-state index contributed by atoms with van der Waals surface area (Å²) in [6.07, 6.45) is 0. The molecule has 0 N–H and O–H groups in total. The molecule has 0 radical (unpaired) electrons. The molecule has 4 nitrogen and oxygen atoms in total. The molecule has 0 spiro atoms. The number of hydrogen-bond donors (Lipinski definition) is 0. The lowest BCUT2D eigenvalue weighted by Gasteiger charge is -2.44. The van der Waals surface area contributed by atoms with E-state index in [9.17, 15) is 4.79 Å². The van der Waals surface area contributed by atoms with E-state index in [2.05, 4.69) is 25.8 Å². The lowest BCUT2D eigenvalue weighted by atomic mass is 10.1. The van der Waals surface area contributed by atoms with Gasteiger partial charge >= 0.3 is 6.03 Å². The molecule has 82 valence electrons. The zero-order valence-electron chi connectivity index (χ0n) is 9.82. The Morgan fingerprint density at radius 2 is 1.64 bits per heavy atom. The molecule has 1 aliphatic rings. The summed E-state index contributed by atoms with van der Waals surface area (Å²) in [4.78, 5) is 17.8. The first kappa shape index (κ1) is 11.3. The van der Waals surface area contributed by atoms with E-state index in [1.54, 1.807) is 19.0 Å². The van der Waals surface area contributed by atoms with Crippen molar-refractivity contribution in [2.45, 2.75) is 25.9 Å². The molecule has 0 aromatic heterocycles. The second-order valence-electron chi connectivity index (χ2n) is 4.50. The van der Waals surface area contributed by atoms with Crippen molar-refractivity contribution in [2.24, 2.45) is 0 Å². The molecule has 2 amide bonds. The number of amides is 2. The van der Waals surface area contributed by atoms with Gasteiger partial charge in [0, 0.05) is 39.3 Å². The van der Waals surface area contributed by atoms with Crippen LogP contribution >= 0.6 is 0 Å². The Morgan fingerprint density at radius 3 is 2.00 bits per heavy atom. The zero-order valence-corrected chi connectivity index (χ0v) is 9.82. The van der Waals surface area contributed by atoms with E-state index in [4.69, 9.17) is 0 Å². The van der Waals surface area contributed by atoms with Gasteiger partial charge in [-0.05, 0) is 20.9 Å². The third kappa shape index (κ3) is 2.18. The van der Waals surface area contributed by atoms with Gasteiger partial charge < -0.3 is 14.7 Å². The molecule has 0 aliphatic carbocycles. The maximum atomic E-state index is 11.9. The summed E-state index contributed by atoms with van der Waals surface area (Å²) >= 11 is 0. The minimum absolute atomic E-state index is 0.123. The predicted molar refractivity (Wildman–Crippen MR) is 57.3 cm³/mol. The van der Waals surface area contributed by atoms with Gasteiger partial charge in [-0.15, -0.1) is 0 Å². The van der Waals surface area contributed by atoms with Gasteiger partial charge in [-0.1, -0.05) is 0 Å². The summed E-state index contributed by atoms with van der Waals surface area (Å²) in [5.74, 6) is 0. The van der Waals surface area contributed by atoms with E-state index in [1.165, 1.54) is 0 Å². The smallest absolute Gasteiger partial charge is 0.320 e. The van der Waals surface area contributed by atoms with E-state index >= 15 is 0 Å². The summed E-state index contributed by atoms with van der Waals surface area (Å²) < 4.78 is 0. The monoisotopic (exact) mass is 199 g/mol. The molecule has 1 heterocycles. The number of hydrogen-bond acceptors (Lipinski definition) is 2. The zero-order chi connectivity index (χ0) is 10.9. The fourth-order valence-corrected chi connectivity index (χ4v) is 2.20. The van der Waals surface area contributed by atoms with Gasteiger partial charge in [-0.25, -0.2) is 4.79 Å². The Hall–Kier alpha value is -0.770. The molecular weight excluding hydrogens is 178 g/mol. The van der Waals surface area contributed by atoms with Crippen LogP contribution in [-0.2, 0) is 0 Å². The number of nitrogens with zero attached hydrogens (tertiary/aromatic N) is 3. The molecular formula is C10H21N3O. The van der Waals surface area contributed by atoms with Crippen molar-refractivity contribution >= 4 is 6.03 Å². The molecule has 1 rings (SSSR count). The second-order valence-corrected chi connectivity index (χ2v) is 4.50. The van der Waals surface area contributed by atoms with Crippen LogP contribution in [0.2, 0.25) is 0 Å². The third-order valence-electron chi connectivity index (χ3n) is 2.70. The third-order valence-corrected chi connectivity index (χ3v) is 2.70. The van der Waals surface area contributed by atoms with Gasteiger partial charge in [-0.2, -0.15) is 0 Å².